The first-order valence-corrected chi connectivity index (χ1v) is 12.0. The Morgan fingerprint density at radius 1 is 1.06 bits per heavy atom. The first kappa shape index (κ1) is 24.9. The highest BCUT2D eigenvalue weighted by Gasteiger charge is 2.43. The van der Waals surface area contributed by atoms with Gasteiger partial charge >= 0.3 is 5.97 Å². The number of benzene rings is 2. The minimum absolute atomic E-state index is 0.0100. The molecule has 0 saturated heterocycles. The second kappa shape index (κ2) is 10.2. The van der Waals surface area contributed by atoms with Gasteiger partial charge < -0.3 is 19.5 Å². The van der Waals surface area contributed by atoms with E-state index in [1.807, 2.05) is 43.3 Å². The van der Waals surface area contributed by atoms with Gasteiger partial charge in [-0.15, -0.1) is 0 Å². The van der Waals surface area contributed by atoms with E-state index in [1.165, 1.54) is 0 Å². The average Bonchev–Trinajstić information content (AvgIpc) is 2.82. The van der Waals surface area contributed by atoms with Crippen LogP contribution in [0, 0.1) is 0 Å². The molecular formula is C28H30ClNO5. The Morgan fingerprint density at radius 3 is 2.40 bits per heavy atom. The van der Waals surface area contributed by atoms with E-state index in [-0.39, 0.29) is 17.8 Å². The van der Waals surface area contributed by atoms with Crippen molar-refractivity contribution >= 4 is 23.4 Å². The van der Waals surface area contributed by atoms with E-state index >= 15 is 0 Å². The van der Waals surface area contributed by atoms with Gasteiger partial charge in [-0.05, 0) is 56.9 Å². The van der Waals surface area contributed by atoms with Crippen LogP contribution in [0.5, 0.6) is 11.5 Å². The molecule has 0 aromatic heterocycles. The number of carbonyl (C=O) groups is 2. The van der Waals surface area contributed by atoms with Crippen molar-refractivity contribution < 1.29 is 23.8 Å². The summed E-state index contributed by atoms with van der Waals surface area (Å²) in [5.74, 6) is -0.0849. The maximum atomic E-state index is 13.7. The predicted octanol–water partition coefficient (Wildman–Crippen LogP) is 5.67. The first-order chi connectivity index (χ1) is 16.7. The molecule has 1 heterocycles. The van der Waals surface area contributed by atoms with E-state index in [2.05, 4.69) is 5.32 Å². The average molecular weight is 496 g/mol. The normalized spacial score (nSPS) is 19.9. The fraction of sp³-hybridized carbons (Fsp3) is 0.357. The predicted molar refractivity (Wildman–Crippen MR) is 135 cm³/mol. The number of allylic oxidation sites excluding steroid dienone is 3. The maximum absolute atomic E-state index is 13.7. The zero-order valence-corrected chi connectivity index (χ0v) is 21.4. The Balaban J connectivity index is 1.86. The maximum Gasteiger partial charge on any atom is 0.337 e. The molecule has 4 rings (SSSR count). The summed E-state index contributed by atoms with van der Waals surface area (Å²) in [5, 5.41) is 4.03. The largest absolute Gasteiger partial charge is 0.493 e. The quantitative estimate of drug-likeness (QED) is 0.520. The lowest BCUT2D eigenvalue weighted by Crippen LogP contribution is -2.36. The number of esters is 1. The van der Waals surface area contributed by atoms with E-state index in [9.17, 15) is 9.59 Å². The summed E-state index contributed by atoms with van der Waals surface area (Å²) < 4.78 is 16.8. The molecule has 184 valence electrons. The van der Waals surface area contributed by atoms with Crippen LogP contribution in [0.25, 0.3) is 0 Å². The van der Waals surface area contributed by atoms with Gasteiger partial charge in [-0.3, -0.25) is 4.79 Å². The molecule has 2 atom stereocenters. The Labute approximate surface area is 210 Å². The Hall–Kier alpha value is -3.25. The van der Waals surface area contributed by atoms with Crippen molar-refractivity contribution in [2.75, 3.05) is 14.2 Å². The third-order valence-electron chi connectivity index (χ3n) is 6.48. The molecule has 2 aromatic rings. The highest BCUT2D eigenvalue weighted by atomic mass is 35.5. The number of methoxy groups -OCH3 is 2. The van der Waals surface area contributed by atoms with Gasteiger partial charge in [0.25, 0.3) is 0 Å². The van der Waals surface area contributed by atoms with Crippen LogP contribution < -0.4 is 14.8 Å². The Bertz CT molecular complexity index is 1210. The van der Waals surface area contributed by atoms with Crippen molar-refractivity contribution in [3.63, 3.8) is 0 Å². The van der Waals surface area contributed by atoms with Gasteiger partial charge in [0.05, 0.1) is 31.8 Å². The number of carbonyl (C=O) groups excluding carboxylic acids is 2. The van der Waals surface area contributed by atoms with Crippen LogP contribution in [0.2, 0.25) is 5.02 Å². The smallest absolute Gasteiger partial charge is 0.337 e. The molecule has 0 amide bonds. The second-order valence-corrected chi connectivity index (χ2v) is 9.54. The van der Waals surface area contributed by atoms with Crippen LogP contribution in [0.1, 0.15) is 56.6 Å². The number of dihydropyridines is 1. The van der Waals surface area contributed by atoms with Crippen LogP contribution in [-0.2, 0) is 14.3 Å². The molecule has 7 heteroatoms. The summed E-state index contributed by atoms with van der Waals surface area (Å²) in [7, 11) is 3.12. The van der Waals surface area contributed by atoms with Gasteiger partial charge in [0.15, 0.2) is 17.3 Å². The van der Waals surface area contributed by atoms with E-state index in [0.717, 1.165) is 11.3 Å². The van der Waals surface area contributed by atoms with Crippen LogP contribution in [-0.4, -0.2) is 32.1 Å². The Kier molecular flexibility index (Phi) is 7.22. The SMILES string of the molecule is COc1cccc([C@@H]2C(C(=O)OC(C)C)=C(C)NC3=C2C(=O)C[C@H](c2ccc(Cl)cc2)C3)c1OC. The van der Waals surface area contributed by atoms with Crippen LogP contribution in [0.15, 0.2) is 65.0 Å². The summed E-state index contributed by atoms with van der Waals surface area (Å²) in [6.07, 6.45) is 0.661. The molecule has 1 N–H and O–H groups in total. The molecule has 35 heavy (non-hydrogen) atoms. The highest BCUT2D eigenvalue weighted by molar-refractivity contribution is 6.30. The van der Waals surface area contributed by atoms with Crippen LogP contribution >= 0.6 is 11.6 Å². The molecule has 0 saturated carbocycles. The number of ketones is 1. The second-order valence-electron chi connectivity index (χ2n) is 9.11. The van der Waals surface area contributed by atoms with Crippen molar-refractivity contribution in [3.05, 3.63) is 81.2 Å². The molecule has 6 nitrogen and oxygen atoms in total. The summed E-state index contributed by atoms with van der Waals surface area (Å²) in [4.78, 5) is 27.1. The van der Waals surface area contributed by atoms with Gasteiger partial charge in [-0.1, -0.05) is 35.9 Å². The van der Waals surface area contributed by atoms with E-state index < -0.39 is 11.9 Å². The third-order valence-corrected chi connectivity index (χ3v) is 6.73. The first-order valence-electron chi connectivity index (χ1n) is 11.7. The molecule has 0 bridgehead atoms. The molecule has 0 spiro atoms. The fourth-order valence-corrected chi connectivity index (χ4v) is 5.13. The van der Waals surface area contributed by atoms with Crippen LogP contribution in [0.3, 0.4) is 0 Å². The number of hydrogen-bond donors (Lipinski definition) is 1. The fourth-order valence-electron chi connectivity index (χ4n) is 5.01. The molecular weight excluding hydrogens is 466 g/mol. The van der Waals surface area contributed by atoms with E-state index in [1.54, 1.807) is 34.1 Å². The highest BCUT2D eigenvalue weighted by Crippen LogP contribution is 2.49. The number of ether oxygens (including phenoxy) is 3. The van der Waals surface area contributed by atoms with Gasteiger partial charge in [0, 0.05) is 34.0 Å². The minimum atomic E-state index is -0.638. The lowest BCUT2D eigenvalue weighted by atomic mass is 9.71. The van der Waals surface area contributed by atoms with Crippen LogP contribution in [0.4, 0.5) is 0 Å². The molecule has 0 radical (unpaired) electrons. The molecule has 2 aromatic carbocycles. The van der Waals surface area contributed by atoms with Crippen molar-refractivity contribution in [1.29, 1.82) is 0 Å². The molecule has 0 fully saturated rings. The number of halogens is 1. The number of para-hydroxylation sites is 1. The number of Topliss-reactive ketones (excluding diaryl/α,β-unsaturated/α-hetero) is 1. The summed E-state index contributed by atoms with van der Waals surface area (Å²) >= 11 is 6.07. The summed E-state index contributed by atoms with van der Waals surface area (Å²) in [6, 6.07) is 13.1. The minimum Gasteiger partial charge on any atom is -0.493 e. The van der Waals surface area contributed by atoms with Gasteiger partial charge in [0.2, 0.25) is 0 Å². The zero-order chi connectivity index (χ0) is 25.3. The lowest BCUT2D eigenvalue weighted by Gasteiger charge is -2.37. The molecule has 1 aliphatic heterocycles. The Morgan fingerprint density at radius 2 is 1.77 bits per heavy atom. The van der Waals surface area contributed by atoms with Crippen molar-refractivity contribution in [2.45, 2.75) is 51.6 Å². The molecule has 2 aliphatic rings. The van der Waals surface area contributed by atoms with Gasteiger partial charge in [-0.25, -0.2) is 4.79 Å². The number of rotatable bonds is 6. The van der Waals surface area contributed by atoms with Crippen molar-refractivity contribution in [3.8, 4) is 11.5 Å². The topological polar surface area (TPSA) is 73.9 Å². The van der Waals surface area contributed by atoms with Gasteiger partial charge in [-0.2, -0.15) is 0 Å². The van der Waals surface area contributed by atoms with E-state index in [4.69, 9.17) is 25.8 Å². The third kappa shape index (κ3) is 4.80. The van der Waals surface area contributed by atoms with Crippen molar-refractivity contribution in [1.82, 2.24) is 5.32 Å². The monoisotopic (exact) mass is 495 g/mol. The van der Waals surface area contributed by atoms with E-state index in [0.29, 0.717) is 51.8 Å². The number of hydrogen-bond acceptors (Lipinski definition) is 6. The molecule has 1 aliphatic carbocycles. The van der Waals surface area contributed by atoms with Gasteiger partial charge in [0.1, 0.15) is 0 Å². The zero-order valence-electron chi connectivity index (χ0n) is 20.6. The van der Waals surface area contributed by atoms with Crippen molar-refractivity contribution in [2.24, 2.45) is 0 Å². The lowest BCUT2D eigenvalue weighted by molar-refractivity contribution is -0.143. The summed E-state index contributed by atoms with van der Waals surface area (Å²) in [5.41, 5.74) is 4.20. The standard InChI is InChI=1S/C28H30ClNO5/c1-15(2)35-28(32)24-16(3)30-21-13-18(17-9-11-19(29)12-10-17)14-22(31)26(21)25(24)20-7-6-8-23(33-4)27(20)34-5/h6-12,15,18,25,30H,13-14H2,1-5H3/t18-,25-/m1/s1. The number of nitrogens with one attached hydrogen (secondary N) is 1. The molecule has 0 unspecified atom stereocenters. The summed E-state index contributed by atoms with van der Waals surface area (Å²) in [6.45, 7) is 5.45.